The van der Waals surface area contributed by atoms with Crippen molar-refractivity contribution in [3.05, 3.63) is 41.3 Å². The Hall–Kier alpha value is -3.60. The number of aromatic nitrogens is 5. The first-order chi connectivity index (χ1) is 18.6. The molecule has 0 saturated carbocycles. The highest BCUT2D eigenvalue weighted by molar-refractivity contribution is 5.90. The van der Waals surface area contributed by atoms with Gasteiger partial charge in [0.2, 0.25) is 5.91 Å². The molecule has 0 unspecified atom stereocenters. The number of anilines is 1. The van der Waals surface area contributed by atoms with Gasteiger partial charge in [-0.15, -0.1) is 0 Å². The minimum Gasteiger partial charge on any atom is -0.353 e. The molecule has 1 N–H and O–H groups in total. The van der Waals surface area contributed by atoms with Gasteiger partial charge in [0, 0.05) is 56.5 Å². The summed E-state index contributed by atoms with van der Waals surface area (Å²) in [6.45, 7) is 10.9. The van der Waals surface area contributed by atoms with E-state index in [1.807, 2.05) is 16.8 Å². The molecular weight excluding hydrogens is 502 g/mol. The fourth-order valence-corrected chi connectivity index (χ4v) is 5.90. The Bertz CT molecular complexity index is 1550. The molecule has 2 saturated heterocycles. The van der Waals surface area contributed by atoms with Crippen LogP contribution in [0.4, 0.5) is 14.6 Å². The fraction of sp³-hybridized carbons (Fsp3) is 0.500. The van der Waals surface area contributed by atoms with Crippen LogP contribution in [0.5, 0.6) is 0 Å². The van der Waals surface area contributed by atoms with Crippen LogP contribution in [0, 0.1) is 13.8 Å². The first-order valence-corrected chi connectivity index (χ1v) is 13.6. The van der Waals surface area contributed by atoms with Crippen LogP contribution in [0.3, 0.4) is 0 Å². The molecule has 11 heteroatoms. The van der Waals surface area contributed by atoms with E-state index in [1.165, 1.54) is 0 Å². The highest BCUT2D eigenvalue weighted by Gasteiger charge is 2.39. The predicted molar refractivity (Wildman–Crippen MR) is 146 cm³/mol. The molecule has 0 aliphatic carbocycles. The maximum atomic E-state index is 13.5. The lowest BCUT2D eigenvalue weighted by atomic mass is 9.95. The molecule has 0 radical (unpaired) electrons. The zero-order valence-corrected chi connectivity index (χ0v) is 22.8. The zero-order valence-electron chi connectivity index (χ0n) is 22.8. The summed E-state index contributed by atoms with van der Waals surface area (Å²) in [6, 6.07) is 4.10. The van der Waals surface area contributed by atoms with E-state index in [9.17, 15) is 13.6 Å². The van der Waals surface area contributed by atoms with Crippen molar-refractivity contribution >= 4 is 28.4 Å². The van der Waals surface area contributed by atoms with Gasteiger partial charge in [0.25, 0.3) is 5.92 Å². The standard InChI is InChI=1S/C28H34F2N8O/c1-17(2)24-25(20-13-38-27(31-16-32-38)19(4)18(20)3)33-21-5-6-22(34-26(21)24)36-9-11-37(12-10-36)23(39)14-35-8-7-28(29,30)15-35/h5-6,13,16-17,33H,7-12,14-15H2,1-4H3. The molecule has 39 heavy (non-hydrogen) atoms. The predicted octanol–water partition coefficient (Wildman–Crippen LogP) is 4.00. The smallest absolute Gasteiger partial charge is 0.261 e. The van der Waals surface area contributed by atoms with E-state index in [-0.39, 0.29) is 37.9 Å². The number of likely N-dealkylation sites (tertiary alicyclic amines) is 1. The highest BCUT2D eigenvalue weighted by atomic mass is 19.3. The van der Waals surface area contributed by atoms with Crippen molar-refractivity contribution < 1.29 is 13.6 Å². The number of hydrogen-bond donors (Lipinski definition) is 1. The third kappa shape index (κ3) is 4.62. The molecule has 206 valence electrons. The average Bonchev–Trinajstić information content (AvgIpc) is 3.62. The molecule has 0 bridgehead atoms. The number of nitrogens with zero attached hydrogens (tertiary/aromatic N) is 7. The number of aromatic amines is 1. The van der Waals surface area contributed by atoms with Crippen LogP contribution in [-0.4, -0.2) is 92.0 Å². The van der Waals surface area contributed by atoms with Crippen LogP contribution in [0.2, 0.25) is 0 Å². The zero-order chi connectivity index (χ0) is 27.5. The number of aryl methyl sites for hydroxylation is 1. The third-order valence-electron chi connectivity index (χ3n) is 8.20. The number of amides is 1. The molecule has 9 nitrogen and oxygen atoms in total. The van der Waals surface area contributed by atoms with Crippen LogP contribution in [-0.2, 0) is 4.79 Å². The molecule has 2 aliphatic rings. The van der Waals surface area contributed by atoms with Gasteiger partial charge in [0.05, 0.1) is 29.8 Å². The SMILES string of the molecule is Cc1c(-c2[nH]c3ccc(N4CCN(C(=O)CN5CCC(F)(F)C5)CC4)nc3c2C(C)C)cn2ncnc2c1C. The summed E-state index contributed by atoms with van der Waals surface area (Å²) in [7, 11) is 0. The summed E-state index contributed by atoms with van der Waals surface area (Å²) in [4.78, 5) is 31.4. The lowest BCUT2D eigenvalue weighted by Gasteiger charge is -2.36. The first kappa shape index (κ1) is 25.7. The lowest BCUT2D eigenvalue weighted by Crippen LogP contribution is -2.51. The maximum Gasteiger partial charge on any atom is 0.261 e. The van der Waals surface area contributed by atoms with Crippen molar-refractivity contribution in [1.29, 1.82) is 0 Å². The van der Waals surface area contributed by atoms with Crippen LogP contribution in [0.25, 0.3) is 27.9 Å². The summed E-state index contributed by atoms with van der Waals surface area (Å²) in [5.74, 6) is -1.66. The Kier molecular flexibility index (Phi) is 6.28. The van der Waals surface area contributed by atoms with Crippen LogP contribution in [0.15, 0.2) is 24.7 Å². The average molecular weight is 537 g/mol. The number of H-pyrrole nitrogens is 1. The minimum absolute atomic E-state index is 0.0585. The molecule has 2 aliphatic heterocycles. The highest BCUT2D eigenvalue weighted by Crippen LogP contribution is 2.38. The second-order valence-corrected chi connectivity index (χ2v) is 11.1. The van der Waals surface area contributed by atoms with Gasteiger partial charge in [-0.1, -0.05) is 13.8 Å². The number of hydrogen-bond acceptors (Lipinski definition) is 6. The summed E-state index contributed by atoms with van der Waals surface area (Å²) in [6.07, 6.45) is 3.43. The monoisotopic (exact) mass is 536 g/mol. The molecular formula is C28H34F2N8O. The van der Waals surface area contributed by atoms with E-state index in [1.54, 1.807) is 16.1 Å². The summed E-state index contributed by atoms with van der Waals surface area (Å²) in [5, 5.41) is 4.37. The van der Waals surface area contributed by atoms with E-state index in [0.717, 1.165) is 50.4 Å². The molecule has 0 aromatic carbocycles. The number of halogens is 2. The van der Waals surface area contributed by atoms with E-state index >= 15 is 0 Å². The summed E-state index contributed by atoms with van der Waals surface area (Å²) in [5.41, 5.74) is 8.31. The van der Waals surface area contributed by atoms with Gasteiger partial charge in [-0.25, -0.2) is 23.3 Å². The number of nitrogens with one attached hydrogen (secondary N) is 1. The summed E-state index contributed by atoms with van der Waals surface area (Å²) < 4.78 is 28.8. The number of piperazine rings is 1. The first-order valence-electron chi connectivity index (χ1n) is 13.6. The molecule has 0 spiro atoms. The maximum absolute atomic E-state index is 13.5. The Morgan fingerprint density at radius 1 is 1.10 bits per heavy atom. The van der Waals surface area contributed by atoms with E-state index in [4.69, 9.17) is 4.98 Å². The van der Waals surface area contributed by atoms with Gasteiger partial charge in [-0.05, 0) is 43.0 Å². The Balaban J connectivity index is 1.24. The van der Waals surface area contributed by atoms with Crippen molar-refractivity contribution in [2.24, 2.45) is 0 Å². The van der Waals surface area contributed by atoms with Crippen molar-refractivity contribution in [3.8, 4) is 11.3 Å². The molecule has 0 atom stereocenters. The minimum atomic E-state index is -2.68. The molecule has 6 heterocycles. The van der Waals surface area contributed by atoms with Gasteiger partial charge < -0.3 is 14.8 Å². The normalized spacial score (nSPS) is 18.2. The van der Waals surface area contributed by atoms with Crippen LogP contribution < -0.4 is 4.90 Å². The van der Waals surface area contributed by atoms with Crippen LogP contribution in [0.1, 0.15) is 42.9 Å². The van der Waals surface area contributed by atoms with Gasteiger partial charge >= 0.3 is 0 Å². The Labute approximate surface area is 225 Å². The van der Waals surface area contributed by atoms with Crippen molar-refractivity contribution in [3.63, 3.8) is 0 Å². The number of alkyl halides is 2. The second kappa shape index (κ2) is 9.55. The van der Waals surface area contributed by atoms with Gasteiger partial charge in [-0.3, -0.25) is 9.69 Å². The number of rotatable bonds is 5. The van der Waals surface area contributed by atoms with Crippen molar-refractivity contribution in [2.45, 2.75) is 46.0 Å². The number of carbonyl (C=O) groups is 1. The van der Waals surface area contributed by atoms with Crippen LogP contribution >= 0.6 is 0 Å². The largest absolute Gasteiger partial charge is 0.353 e. The van der Waals surface area contributed by atoms with E-state index in [2.05, 4.69) is 53.7 Å². The van der Waals surface area contributed by atoms with Crippen molar-refractivity contribution in [1.82, 2.24) is 34.4 Å². The molecule has 1 amide bonds. The van der Waals surface area contributed by atoms with E-state index in [0.29, 0.717) is 26.2 Å². The van der Waals surface area contributed by atoms with Crippen molar-refractivity contribution in [2.75, 3.05) is 50.7 Å². The van der Waals surface area contributed by atoms with Gasteiger partial charge in [-0.2, -0.15) is 5.10 Å². The number of carbonyl (C=O) groups excluding carboxylic acids is 1. The Morgan fingerprint density at radius 3 is 2.56 bits per heavy atom. The number of fused-ring (bicyclic) bond motifs is 2. The topological polar surface area (TPSA) is 85.7 Å². The third-order valence-corrected chi connectivity index (χ3v) is 8.20. The molecule has 2 fully saturated rings. The van der Waals surface area contributed by atoms with Gasteiger partial charge in [0.1, 0.15) is 12.1 Å². The molecule has 4 aromatic rings. The van der Waals surface area contributed by atoms with Gasteiger partial charge in [0.15, 0.2) is 5.65 Å². The second-order valence-electron chi connectivity index (χ2n) is 11.1. The lowest BCUT2D eigenvalue weighted by molar-refractivity contribution is -0.132. The number of pyridine rings is 2. The fourth-order valence-electron chi connectivity index (χ4n) is 5.90. The summed E-state index contributed by atoms with van der Waals surface area (Å²) >= 11 is 0. The Morgan fingerprint density at radius 2 is 1.87 bits per heavy atom. The van der Waals surface area contributed by atoms with E-state index < -0.39 is 5.92 Å². The molecule has 6 rings (SSSR count). The quantitative estimate of drug-likeness (QED) is 0.415. The molecule has 4 aromatic heterocycles.